The van der Waals surface area contributed by atoms with Crippen LogP contribution in [0, 0.1) is 16.7 Å². The van der Waals surface area contributed by atoms with Gasteiger partial charge in [0.05, 0.1) is 23.4 Å². The number of ether oxygens (including phenoxy) is 1. The first kappa shape index (κ1) is 15.1. The second-order valence-electron chi connectivity index (χ2n) is 5.47. The van der Waals surface area contributed by atoms with Gasteiger partial charge in [0.25, 0.3) is 0 Å². The maximum atomic E-state index is 12.2. The Kier molecular flexibility index (Phi) is 4.30. The minimum atomic E-state index is -0.636. The van der Waals surface area contributed by atoms with Crippen LogP contribution >= 0.6 is 0 Å². The van der Waals surface area contributed by atoms with Crippen molar-refractivity contribution in [1.29, 1.82) is 5.26 Å². The van der Waals surface area contributed by atoms with Crippen LogP contribution in [-0.4, -0.2) is 38.9 Å². The molecule has 23 heavy (non-hydrogen) atoms. The average Bonchev–Trinajstić information content (AvgIpc) is 3.11. The van der Waals surface area contributed by atoms with Crippen molar-refractivity contribution in [3.05, 3.63) is 31.0 Å². The number of nitrogens with one attached hydrogen (secondary N) is 1. The minimum Gasteiger partial charge on any atom is -0.381 e. The predicted molar refractivity (Wildman–Crippen MR) is 80.5 cm³/mol. The normalized spacial score (nSPS) is 16.5. The molecule has 0 atom stereocenters. The van der Waals surface area contributed by atoms with Gasteiger partial charge >= 0.3 is 0 Å². The molecule has 0 bridgehead atoms. The Labute approximate surface area is 133 Å². The van der Waals surface area contributed by atoms with Crippen molar-refractivity contribution in [3.8, 4) is 11.8 Å². The molecule has 3 heterocycles. The van der Waals surface area contributed by atoms with Crippen LogP contribution in [0.5, 0.6) is 0 Å². The maximum absolute atomic E-state index is 12.2. The van der Waals surface area contributed by atoms with Gasteiger partial charge in [-0.1, -0.05) is 0 Å². The van der Waals surface area contributed by atoms with E-state index in [4.69, 9.17) is 4.74 Å². The van der Waals surface area contributed by atoms with Gasteiger partial charge in [-0.25, -0.2) is 14.6 Å². The molecule has 0 unspecified atom stereocenters. The molecule has 1 N–H and O–H groups in total. The summed E-state index contributed by atoms with van der Waals surface area (Å²) in [5.74, 6) is 0.230. The lowest BCUT2D eigenvalue weighted by molar-refractivity contribution is -0.118. The zero-order chi connectivity index (χ0) is 16.1. The highest BCUT2D eigenvalue weighted by molar-refractivity contribution is 5.90. The Morgan fingerprint density at radius 2 is 2.26 bits per heavy atom. The Hall–Kier alpha value is -2.79. The van der Waals surface area contributed by atoms with Gasteiger partial charge in [0.15, 0.2) is 0 Å². The fourth-order valence-electron chi connectivity index (χ4n) is 2.52. The van der Waals surface area contributed by atoms with Gasteiger partial charge in [-0.3, -0.25) is 4.79 Å². The summed E-state index contributed by atoms with van der Waals surface area (Å²) < 4.78 is 6.84. The predicted octanol–water partition coefficient (Wildman–Crippen LogP) is 1.31. The van der Waals surface area contributed by atoms with Crippen LogP contribution in [0.1, 0.15) is 19.3 Å². The van der Waals surface area contributed by atoms with E-state index in [0.29, 0.717) is 31.9 Å². The molecule has 0 saturated carbocycles. The number of nitriles is 1. The monoisotopic (exact) mass is 312 g/mol. The molecule has 0 radical (unpaired) electrons. The zero-order valence-electron chi connectivity index (χ0n) is 12.5. The number of pyridine rings is 1. The number of nitrogens with zero attached hydrogens (tertiary/aromatic N) is 5. The molecule has 2 aromatic heterocycles. The third-order valence-corrected chi connectivity index (χ3v) is 3.88. The van der Waals surface area contributed by atoms with Gasteiger partial charge in [0.1, 0.15) is 18.5 Å². The largest absolute Gasteiger partial charge is 0.381 e. The number of hydrogen-bond donors (Lipinski definition) is 1. The van der Waals surface area contributed by atoms with Gasteiger partial charge < -0.3 is 10.1 Å². The second-order valence-corrected chi connectivity index (χ2v) is 5.47. The number of rotatable bonds is 4. The lowest BCUT2D eigenvalue weighted by atomic mass is 9.78. The van der Waals surface area contributed by atoms with Crippen molar-refractivity contribution in [2.45, 2.75) is 19.3 Å². The van der Waals surface area contributed by atoms with Gasteiger partial charge in [-0.15, -0.1) is 0 Å². The standard InChI is InChI=1S/C15H16N6O2/c16-9-15(3-5-23-6-4-15)7-14(22)20-13-2-1-12(8-18-13)21-11-17-10-19-21/h1-2,8,10-11H,3-7H2,(H,18,20,22). The number of carbonyl (C=O) groups excluding carboxylic acids is 1. The van der Waals surface area contributed by atoms with Crippen molar-refractivity contribution >= 4 is 11.7 Å². The molecule has 1 aliphatic heterocycles. The molecule has 0 spiro atoms. The van der Waals surface area contributed by atoms with Crippen LogP contribution in [0.3, 0.4) is 0 Å². The minimum absolute atomic E-state index is 0.152. The highest BCUT2D eigenvalue weighted by Gasteiger charge is 2.35. The summed E-state index contributed by atoms with van der Waals surface area (Å²) in [5.41, 5.74) is 0.113. The SMILES string of the molecule is N#CC1(CC(=O)Nc2ccc(-n3cncn3)cn2)CCOCC1. The summed E-state index contributed by atoms with van der Waals surface area (Å²) in [7, 11) is 0. The molecule has 118 valence electrons. The van der Waals surface area contributed by atoms with E-state index in [9.17, 15) is 10.1 Å². The van der Waals surface area contributed by atoms with Gasteiger partial charge in [0, 0.05) is 19.6 Å². The van der Waals surface area contributed by atoms with Gasteiger partial charge in [0.2, 0.25) is 5.91 Å². The average molecular weight is 312 g/mol. The van der Waals surface area contributed by atoms with E-state index in [2.05, 4.69) is 26.5 Å². The Bertz CT molecular complexity index is 699. The molecule has 1 aliphatic rings. The van der Waals surface area contributed by atoms with E-state index in [0.717, 1.165) is 5.69 Å². The first-order valence-corrected chi connectivity index (χ1v) is 7.31. The molecule has 3 rings (SSSR count). The Morgan fingerprint density at radius 1 is 1.43 bits per heavy atom. The van der Waals surface area contributed by atoms with E-state index in [1.54, 1.807) is 29.3 Å². The number of hydrogen-bond acceptors (Lipinski definition) is 6. The molecule has 0 aromatic carbocycles. The van der Waals surface area contributed by atoms with E-state index in [1.807, 2.05) is 0 Å². The molecule has 1 saturated heterocycles. The van der Waals surface area contributed by atoms with E-state index in [1.165, 1.54) is 6.33 Å². The van der Waals surface area contributed by atoms with E-state index < -0.39 is 5.41 Å². The highest BCUT2D eigenvalue weighted by atomic mass is 16.5. The van der Waals surface area contributed by atoms with Crippen LogP contribution in [0.2, 0.25) is 0 Å². The van der Waals surface area contributed by atoms with Crippen LogP contribution in [0.25, 0.3) is 5.69 Å². The summed E-state index contributed by atoms with van der Waals surface area (Å²) in [6.45, 7) is 1.04. The van der Waals surface area contributed by atoms with Crippen molar-refractivity contribution in [2.24, 2.45) is 5.41 Å². The fourth-order valence-corrected chi connectivity index (χ4v) is 2.52. The lowest BCUT2D eigenvalue weighted by Crippen LogP contribution is -2.32. The summed E-state index contributed by atoms with van der Waals surface area (Å²) in [6.07, 6.45) is 5.91. The molecule has 8 heteroatoms. The number of aromatic nitrogens is 4. The molecule has 8 nitrogen and oxygen atoms in total. The second kappa shape index (κ2) is 6.54. The van der Waals surface area contributed by atoms with Crippen LogP contribution in [-0.2, 0) is 9.53 Å². The van der Waals surface area contributed by atoms with Gasteiger partial charge in [-0.2, -0.15) is 10.4 Å². The van der Waals surface area contributed by atoms with Crippen molar-refractivity contribution < 1.29 is 9.53 Å². The van der Waals surface area contributed by atoms with Crippen molar-refractivity contribution in [1.82, 2.24) is 19.7 Å². The summed E-state index contributed by atoms with van der Waals surface area (Å²) >= 11 is 0. The molecular formula is C15H16N6O2. The zero-order valence-corrected chi connectivity index (χ0v) is 12.5. The van der Waals surface area contributed by atoms with E-state index >= 15 is 0 Å². The summed E-state index contributed by atoms with van der Waals surface area (Å²) in [5, 5.41) is 16.1. The molecule has 1 fully saturated rings. The third-order valence-electron chi connectivity index (χ3n) is 3.88. The smallest absolute Gasteiger partial charge is 0.227 e. The molecule has 2 aromatic rings. The van der Waals surface area contributed by atoms with Crippen molar-refractivity contribution in [3.63, 3.8) is 0 Å². The van der Waals surface area contributed by atoms with Crippen LogP contribution < -0.4 is 5.32 Å². The third kappa shape index (κ3) is 3.52. The van der Waals surface area contributed by atoms with Crippen LogP contribution in [0.15, 0.2) is 31.0 Å². The lowest BCUT2D eigenvalue weighted by Gasteiger charge is -2.29. The number of amides is 1. The summed E-state index contributed by atoms with van der Waals surface area (Å²) in [6, 6.07) is 5.76. The number of carbonyl (C=O) groups is 1. The molecule has 1 amide bonds. The quantitative estimate of drug-likeness (QED) is 0.912. The van der Waals surface area contributed by atoms with E-state index in [-0.39, 0.29) is 12.3 Å². The highest BCUT2D eigenvalue weighted by Crippen LogP contribution is 2.33. The maximum Gasteiger partial charge on any atom is 0.227 e. The van der Waals surface area contributed by atoms with Crippen LogP contribution in [0.4, 0.5) is 5.82 Å². The first-order chi connectivity index (χ1) is 11.2. The Morgan fingerprint density at radius 3 is 2.87 bits per heavy atom. The first-order valence-electron chi connectivity index (χ1n) is 7.31. The fraction of sp³-hybridized carbons (Fsp3) is 0.400. The number of anilines is 1. The molecular weight excluding hydrogens is 296 g/mol. The Balaban J connectivity index is 1.62. The molecule has 0 aliphatic carbocycles. The van der Waals surface area contributed by atoms with Gasteiger partial charge in [-0.05, 0) is 25.0 Å². The topological polar surface area (TPSA) is 106 Å². The van der Waals surface area contributed by atoms with Crippen molar-refractivity contribution in [2.75, 3.05) is 18.5 Å². The summed E-state index contributed by atoms with van der Waals surface area (Å²) in [4.78, 5) is 20.2.